The lowest BCUT2D eigenvalue weighted by atomic mass is 9.67. The van der Waals surface area contributed by atoms with E-state index in [4.69, 9.17) is 23.7 Å². The van der Waals surface area contributed by atoms with Crippen molar-refractivity contribution in [3.63, 3.8) is 0 Å². The summed E-state index contributed by atoms with van der Waals surface area (Å²) < 4.78 is 27.5. The summed E-state index contributed by atoms with van der Waals surface area (Å²) in [6, 6.07) is 12.7. The van der Waals surface area contributed by atoms with E-state index in [0.717, 1.165) is 5.56 Å². The Hall–Kier alpha value is -4.27. The van der Waals surface area contributed by atoms with Crippen LogP contribution in [0.25, 0.3) is 0 Å². The number of rotatable bonds is 7. The Kier molecular flexibility index (Phi) is 7.32. The maximum atomic E-state index is 14.4. The third-order valence-corrected chi connectivity index (χ3v) is 7.32. The van der Waals surface area contributed by atoms with E-state index in [-0.39, 0.29) is 20.0 Å². The predicted octanol–water partition coefficient (Wildman–Crippen LogP) is 4.14. The van der Waals surface area contributed by atoms with E-state index >= 15 is 0 Å². The quantitative estimate of drug-likeness (QED) is 0.415. The molecule has 9 heteroatoms. The maximum absolute atomic E-state index is 14.4. The molecule has 1 aliphatic carbocycles. The van der Waals surface area contributed by atoms with Crippen LogP contribution in [0.5, 0.6) is 17.2 Å². The predicted molar refractivity (Wildman–Crippen MR) is 140 cm³/mol. The first-order valence-electron chi connectivity index (χ1n) is 13.0. The lowest BCUT2D eigenvalue weighted by molar-refractivity contribution is -0.152. The van der Waals surface area contributed by atoms with Crippen LogP contribution >= 0.6 is 0 Å². The maximum Gasteiger partial charge on any atom is 0.336 e. The third-order valence-electron chi connectivity index (χ3n) is 7.32. The van der Waals surface area contributed by atoms with Gasteiger partial charge in [-0.1, -0.05) is 24.3 Å². The summed E-state index contributed by atoms with van der Waals surface area (Å²) in [6.07, 6.45) is 0.333. The molecular weight excluding hydrogens is 502 g/mol. The second-order valence-corrected chi connectivity index (χ2v) is 9.47. The highest BCUT2D eigenvalue weighted by Crippen LogP contribution is 2.50. The molecule has 2 aliphatic heterocycles. The van der Waals surface area contributed by atoms with Crippen molar-refractivity contribution in [2.45, 2.75) is 39.0 Å². The fourth-order valence-corrected chi connectivity index (χ4v) is 5.71. The van der Waals surface area contributed by atoms with E-state index in [2.05, 4.69) is 5.32 Å². The van der Waals surface area contributed by atoms with Crippen molar-refractivity contribution < 1.29 is 38.1 Å². The number of dihydropyridines is 1. The number of nitrogens with one attached hydrogen (secondary N) is 1. The van der Waals surface area contributed by atoms with Gasteiger partial charge in [0.05, 0.1) is 25.9 Å². The van der Waals surface area contributed by atoms with E-state index in [0.29, 0.717) is 51.8 Å². The van der Waals surface area contributed by atoms with Crippen LogP contribution in [-0.4, -0.2) is 44.8 Å². The normalized spacial score (nSPS) is 21.7. The zero-order chi connectivity index (χ0) is 27.7. The van der Waals surface area contributed by atoms with Gasteiger partial charge in [-0.25, -0.2) is 4.79 Å². The molecule has 5 rings (SSSR count). The van der Waals surface area contributed by atoms with Crippen molar-refractivity contribution in [3.05, 3.63) is 76.1 Å². The number of Topliss-reactive ketones (excluding diaryl/α,β-unsaturated/α-hetero) is 1. The molecule has 0 saturated heterocycles. The monoisotopic (exact) mass is 533 g/mol. The number of allylic oxidation sites excluding steroid dienone is 3. The SMILES string of the molecule is CCOC(=O)C1=C(C)NC2=C(C(=O)[C@H](C(=O)OCC)[C@H](c3ccccc3OC)C2)[C@@H]1c1ccc2c(c1)OCO2. The summed E-state index contributed by atoms with van der Waals surface area (Å²) >= 11 is 0. The molecule has 1 N–H and O–H groups in total. The van der Waals surface area contributed by atoms with Crippen LogP contribution < -0.4 is 19.5 Å². The van der Waals surface area contributed by atoms with Crippen LogP contribution in [0.3, 0.4) is 0 Å². The van der Waals surface area contributed by atoms with E-state index in [1.54, 1.807) is 52.1 Å². The number of esters is 2. The van der Waals surface area contributed by atoms with Crippen LogP contribution in [0.4, 0.5) is 0 Å². The number of ether oxygens (including phenoxy) is 5. The molecule has 2 heterocycles. The molecule has 0 spiro atoms. The summed E-state index contributed by atoms with van der Waals surface area (Å²) in [5, 5.41) is 3.31. The summed E-state index contributed by atoms with van der Waals surface area (Å²) in [7, 11) is 1.56. The third kappa shape index (κ3) is 4.62. The van der Waals surface area contributed by atoms with Crippen LogP contribution in [0, 0.1) is 5.92 Å². The molecule has 0 fully saturated rings. The van der Waals surface area contributed by atoms with Gasteiger partial charge in [-0.15, -0.1) is 0 Å². The highest BCUT2D eigenvalue weighted by Gasteiger charge is 2.49. The van der Waals surface area contributed by atoms with Crippen molar-refractivity contribution in [2.24, 2.45) is 5.92 Å². The zero-order valence-corrected chi connectivity index (χ0v) is 22.4. The summed E-state index contributed by atoms with van der Waals surface area (Å²) in [4.78, 5) is 41.1. The van der Waals surface area contributed by atoms with Crippen LogP contribution in [0.2, 0.25) is 0 Å². The molecule has 0 radical (unpaired) electrons. The number of benzene rings is 2. The van der Waals surface area contributed by atoms with Crippen molar-refractivity contribution in [1.82, 2.24) is 5.32 Å². The number of carbonyl (C=O) groups excluding carboxylic acids is 3. The lowest BCUT2D eigenvalue weighted by Crippen LogP contribution is -2.43. The molecule has 2 aromatic rings. The summed E-state index contributed by atoms with van der Waals surface area (Å²) in [5.74, 6) is -2.32. The fraction of sp³-hybridized carbons (Fsp3) is 0.367. The van der Waals surface area contributed by atoms with E-state index < -0.39 is 35.5 Å². The molecule has 204 valence electrons. The van der Waals surface area contributed by atoms with Crippen molar-refractivity contribution in [3.8, 4) is 17.2 Å². The highest BCUT2D eigenvalue weighted by molar-refractivity contribution is 6.13. The summed E-state index contributed by atoms with van der Waals surface area (Å²) in [5.41, 5.74) is 3.26. The standard InChI is InChI=1S/C30H31NO8/c1-5-36-29(33)24-16(3)31-20-14-19(18-9-7-8-10-21(18)35-4)26(30(34)37-6-2)28(32)27(20)25(24)17-11-12-22-23(13-17)39-15-38-22/h7-13,19,25-26,31H,5-6,14-15H2,1-4H3/t19-,25+,26+/m0/s1. The van der Waals surface area contributed by atoms with Gasteiger partial charge in [-0.2, -0.15) is 0 Å². The van der Waals surface area contributed by atoms with Crippen molar-refractivity contribution in [1.29, 1.82) is 0 Å². The van der Waals surface area contributed by atoms with Gasteiger partial charge in [-0.05, 0) is 56.5 Å². The molecule has 9 nitrogen and oxygen atoms in total. The number of ketones is 1. The largest absolute Gasteiger partial charge is 0.496 e. The van der Waals surface area contributed by atoms with E-state index in [1.165, 1.54) is 0 Å². The van der Waals surface area contributed by atoms with Gasteiger partial charge in [0.15, 0.2) is 17.3 Å². The van der Waals surface area contributed by atoms with Crippen molar-refractivity contribution >= 4 is 17.7 Å². The molecule has 3 aliphatic rings. The Labute approximate surface area is 226 Å². The number of hydrogen-bond donors (Lipinski definition) is 1. The molecule has 0 unspecified atom stereocenters. The Morgan fingerprint density at radius 3 is 2.51 bits per heavy atom. The van der Waals surface area contributed by atoms with Gasteiger partial charge >= 0.3 is 11.9 Å². The number of methoxy groups -OCH3 is 1. The molecular formula is C30H31NO8. The molecule has 2 aromatic carbocycles. The topological polar surface area (TPSA) is 109 Å². The first kappa shape index (κ1) is 26.3. The Bertz CT molecular complexity index is 1390. The second-order valence-electron chi connectivity index (χ2n) is 9.47. The minimum absolute atomic E-state index is 0.0863. The minimum Gasteiger partial charge on any atom is -0.496 e. The highest BCUT2D eigenvalue weighted by atomic mass is 16.7. The van der Waals surface area contributed by atoms with Crippen molar-refractivity contribution in [2.75, 3.05) is 27.1 Å². The Morgan fingerprint density at radius 2 is 1.77 bits per heavy atom. The summed E-state index contributed by atoms with van der Waals surface area (Å²) in [6.45, 7) is 5.61. The zero-order valence-electron chi connectivity index (χ0n) is 22.4. The fourth-order valence-electron chi connectivity index (χ4n) is 5.71. The number of fused-ring (bicyclic) bond motifs is 1. The first-order valence-corrected chi connectivity index (χ1v) is 13.0. The molecule has 0 bridgehead atoms. The Morgan fingerprint density at radius 1 is 1.03 bits per heavy atom. The smallest absolute Gasteiger partial charge is 0.336 e. The lowest BCUT2D eigenvalue weighted by Gasteiger charge is -2.39. The Balaban J connectivity index is 1.69. The van der Waals surface area contributed by atoms with Gasteiger partial charge in [0, 0.05) is 28.8 Å². The molecule has 3 atom stereocenters. The molecule has 0 aromatic heterocycles. The van der Waals surface area contributed by atoms with Gasteiger partial charge in [0.25, 0.3) is 0 Å². The molecule has 0 saturated carbocycles. The van der Waals surface area contributed by atoms with Crippen LogP contribution in [0.1, 0.15) is 50.2 Å². The number of carbonyl (C=O) groups is 3. The van der Waals surface area contributed by atoms with Gasteiger partial charge < -0.3 is 29.0 Å². The minimum atomic E-state index is -1.12. The number of hydrogen-bond acceptors (Lipinski definition) is 9. The van der Waals surface area contributed by atoms with Gasteiger partial charge in [0.2, 0.25) is 6.79 Å². The average molecular weight is 534 g/mol. The van der Waals surface area contributed by atoms with Gasteiger partial charge in [-0.3, -0.25) is 9.59 Å². The molecule has 39 heavy (non-hydrogen) atoms. The first-order chi connectivity index (χ1) is 18.9. The number of para-hydroxylation sites is 1. The average Bonchev–Trinajstić information content (AvgIpc) is 3.40. The van der Waals surface area contributed by atoms with Crippen LogP contribution in [0.15, 0.2) is 65.0 Å². The second kappa shape index (κ2) is 10.8. The van der Waals surface area contributed by atoms with Crippen LogP contribution in [-0.2, 0) is 23.9 Å². The van der Waals surface area contributed by atoms with E-state index in [1.807, 2.05) is 18.2 Å². The van der Waals surface area contributed by atoms with Gasteiger partial charge in [0.1, 0.15) is 11.7 Å². The van der Waals surface area contributed by atoms with E-state index in [9.17, 15) is 14.4 Å². The molecule has 0 amide bonds.